The predicted octanol–water partition coefficient (Wildman–Crippen LogP) is 4.91. The summed E-state index contributed by atoms with van der Waals surface area (Å²) in [7, 11) is 0. The number of rotatable bonds is 5. The molecule has 3 nitrogen and oxygen atoms in total. The first-order chi connectivity index (χ1) is 12.9. The van der Waals surface area contributed by atoms with Crippen LogP contribution in [-0.2, 0) is 11.3 Å². The van der Waals surface area contributed by atoms with Crippen LogP contribution >= 0.6 is 0 Å². The topological polar surface area (TPSA) is 32.3 Å². The van der Waals surface area contributed by atoms with Gasteiger partial charge < -0.3 is 5.32 Å². The maximum Gasteiger partial charge on any atom is 0.242 e. The van der Waals surface area contributed by atoms with Crippen molar-refractivity contribution in [1.29, 1.82) is 0 Å². The molecular weight excluding hydrogens is 332 g/mol. The molecule has 1 unspecified atom stereocenters. The zero-order valence-electron chi connectivity index (χ0n) is 17.3. The van der Waals surface area contributed by atoms with Gasteiger partial charge in [0.05, 0.1) is 0 Å². The molecule has 0 saturated carbocycles. The van der Waals surface area contributed by atoms with Crippen molar-refractivity contribution in [3.63, 3.8) is 0 Å². The Morgan fingerprint density at radius 2 is 1.81 bits per heavy atom. The fraction of sp³-hybridized carbons (Fsp3) is 0.458. The number of carbonyl (C=O) groups is 1. The number of piperazine rings is 1. The van der Waals surface area contributed by atoms with Crippen molar-refractivity contribution in [2.24, 2.45) is 0 Å². The molecule has 0 spiro atoms. The number of carbonyl (C=O) groups excluding carboxylic acids is 1. The molecule has 1 aliphatic rings. The van der Waals surface area contributed by atoms with E-state index in [9.17, 15) is 4.79 Å². The Morgan fingerprint density at radius 3 is 2.48 bits per heavy atom. The molecule has 1 amide bonds. The molecule has 2 aromatic carbocycles. The molecule has 1 saturated heterocycles. The molecular formula is C24H32N2O. The lowest BCUT2D eigenvalue weighted by Gasteiger charge is -2.36. The normalized spacial score (nSPS) is 18.2. The van der Waals surface area contributed by atoms with E-state index < -0.39 is 0 Å². The summed E-state index contributed by atoms with van der Waals surface area (Å²) in [5.74, 6) is 1.10. The van der Waals surface area contributed by atoms with Crippen molar-refractivity contribution in [3.05, 3.63) is 70.3 Å². The van der Waals surface area contributed by atoms with Crippen LogP contribution in [0, 0.1) is 6.92 Å². The Kier molecular flexibility index (Phi) is 6.01. The van der Waals surface area contributed by atoms with E-state index in [1.807, 2.05) is 12.1 Å². The van der Waals surface area contributed by atoms with E-state index in [0.29, 0.717) is 18.4 Å². The van der Waals surface area contributed by atoms with Crippen molar-refractivity contribution in [2.75, 3.05) is 13.1 Å². The third kappa shape index (κ3) is 4.24. The highest BCUT2D eigenvalue weighted by atomic mass is 16.2. The second-order valence-electron chi connectivity index (χ2n) is 8.29. The standard InChI is InChI=1S/C24H32N2O/c1-16(2)19-10-11-20(22(14-19)17(3)4)15-26-13-12-25-24(27)23(26)21-9-7-6-8-18(21)5/h6-11,14,16-17,23H,12-13,15H2,1-5H3,(H,25,27). The third-order valence-corrected chi connectivity index (χ3v) is 5.63. The van der Waals surface area contributed by atoms with Crippen LogP contribution in [0.3, 0.4) is 0 Å². The molecule has 1 N–H and O–H groups in total. The Labute approximate surface area is 163 Å². The lowest BCUT2D eigenvalue weighted by Crippen LogP contribution is -2.49. The Hall–Kier alpha value is -2.13. The molecule has 1 atom stereocenters. The monoisotopic (exact) mass is 364 g/mol. The van der Waals surface area contributed by atoms with Gasteiger partial charge in [-0.1, -0.05) is 70.2 Å². The lowest BCUT2D eigenvalue weighted by molar-refractivity contribution is -0.129. The molecule has 27 heavy (non-hydrogen) atoms. The zero-order valence-corrected chi connectivity index (χ0v) is 17.3. The van der Waals surface area contributed by atoms with Crippen LogP contribution in [-0.4, -0.2) is 23.9 Å². The summed E-state index contributed by atoms with van der Waals surface area (Å²) < 4.78 is 0. The average molecular weight is 365 g/mol. The van der Waals surface area contributed by atoms with Crippen molar-refractivity contribution in [2.45, 2.75) is 59.0 Å². The number of aryl methyl sites for hydroxylation is 1. The summed E-state index contributed by atoms with van der Waals surface area (Å²) in [6.07, 6.45) is 0. The molecule has 0 radical (unpaired) electrons. The van der Waals surface area contributed by atoms with Crippen LogP contribution in [0.1, 0.15) is 73.4 Å². The van der Waals surface area contributed by atoms with Gasteiger partial charge in [0.1, 0.15) is 6.04 Å². The SMILES string of the molecule is Cc1ccccc1C1C(=O)NCCN1Cc1ccc(C(C)C)cc1C(C)C. The number of hydrogen-bond donors (Lipinski definition) is 1. The summed E-state index contributed by atoms with van der Waals surface area (Å²) >= 11 is 0. The van der Waals surface area contributed by atoms with Crippen LogP contribution in [0.25, 0.3) is 0 Å². The number of nitrogens with one attached hydrogen (secondary N) is 1. The minimum Gasteiger partial charge on any atom is -0.353 e. The Bertz CT molecular complexity index is 810. The summed E-state index contributed by atoms with van der Waals surface area (Å²) in [6.45, 7) is 13.5. The van der Waals surface area contributed by atoms with E-state index in [1.165, 1.54) is 22.3 Å². The predicted molar refractivity (Wildman–Crippen MR) is 112 cm³/mol. The second-order valence-corrected chi connectivity index (χ2v) is 8.29. The molecule has 144 valence electrons. The smallest absolute Gasteiger partial charge is 0.242 e. The van der Waals surface area contributed by atoms with Crippen LogP contribution in [0.15, 0.2) is 42.5 Å². The van der Waals surface area contributed by atoms with E-state index in [0.717, 1.165) is 18.7 Å². The first-order valence-corrected chi connectivity index (χ1v) is 10.1. The fourth-order valence-electron chi connectivity index (χ4n) is 3.99. The maximum atomic E-state index is 12.8. The number of amides is 1. The van der Waals surface area contributed by atoms with Crippen molar-refractivity contribution in [3.8, 4) is 0 Å². The van der Waals surface area contributed by atoms with Gasteiger partial charge in [-0.2, -0.15) is 0 Å². The minimum atomic E-state index is -0.218. The molecule has 3 heteroatoms. The zero-order chi connectivity index (χ0) is 19.6. The van der Waals surface area contributed by atoms with Crippen LogP contribution in [0.5, 0.6) is 0 Å². The number of hydrogen-bond acceptors (Lipinski definition) is 2. The second kappa shape index (κ2) is 8.26. The van der Waals surface area contributed by atoms with Gasteiger partial charge >= 0.3 is 0 Å². The van der Waals surface area contributed by atoms with Gasteiger partial charge in [0.2, 0.25) is 5.91 Å². The van der Waals surface area contributed by atoms with Crippen LogP contribution in [0.2, 0.25) is 0 Å². The van der Waals surface area contributed by atoms with E-state index in [2.05, 4.69) is 75.2 Å². The van der Waals surface area contributed by atoms with Gasteiger partial charge in [-0.3, -0.25) is 9.69 Å². The van der Waals surface area contributed by atoms with E-state index in [1.54, 1.807) is 0 Å². The third-order valence-electron chi connectivity index (χ3n) is 5.63. The van der Waals surface area contributed by atoms with E-state index in [4.69, 9.17) is 0 Å². The van der Waals surface area contributed by atoms with Gasteiger partial charge in [-0.15, -0.1) is 0 Å². The van der Waals surface area contributed by atoms with Crippen molar-refractivity contribution >= 4 is 5.91 Å². The quantitative estimate of drug-likeness (QED) is 0.817. The molecule has 0 aliphatic carbocycles. The Morgan fingerprint density at radius 1 is 1.07 bits per heavy atom. The average Bonchev–Trinajstić information content (AvgIpc) is 2.63. The molecule has 1 heterocycles. The number of nitrogens with zero attached hydrogens (tertiary/aromatic N) is 1. The van der Waals surface area contributed by atoms with Gasteiger partial charge in [-0.25, -0.2) is 0 Å². The minimum absolute atomic E-state index is 0.112. The van der Waals surface area contributed by atoms with Gasteiger partial charge in [0.15, 0.2) is 0 Å². The molecule has 1 fully saturated rings. The summed E-state index contributed by atoms with van der Waals surface area (Å²) in [5.41, 5.74) is 6.40. The number of benzene rings is 2. The highest BCUT2D eigenvalue weighted by Gasteiger charge is 2.32. The van der Waals surface area contributed by atoms with Crippen LogP contribution in [0.4, 0.5) is 0 Å². The van der Waals surface area contributed by atoms with Crippen molar-refractivity contribution < 1.29 is 4.79 Å². The fourth-order valence-corrected chi connectivity index (χ4v) is 3.99. The van der Waals surface area contributed by atoms with E-state index >= 15 is 0 Å². The maximum absolute atomic E-state index is 12.8. The largest absolute Gasteiger partial charge is 0.353 e. The summed E-state index contributed by atoms with van der Waals surface area (Å²) in [6, 6.07) is 14.9. The molecule has 1 aliphatic heterocycles. The Balaban J connectivity index is 1.95. The van der Waals surface area contributed by atoms with E-state index in [-0.39, 0.29) is 11.9 Å². The molecule has 0 aromatic heterocycles. The molecule has 3 rings (SSSR count). The highest BCUT2D eigenvalue weighted by Crippen LogP contribution is 2.31. The lowest BCUT2D eigenvalue weighted by atomic mass is 9.90. The summed E-state index contributed by atoms with van der Waals surface area (Å²) in [4.78, 5) is 15.1. The van der Waals surface area contributed by atoms with Gasteiger partial charge in [-0.05, 0) is 46.6 Å². The highest BCUT2D eigenvalue weighted by molar-refractivity contribution is 5.84. The summed E-state index contributed by atoms with van der Waals surface area (Å²) in [5, 5.41) is 3.05. The van der Waals surface area contributed by atoms with Crippen molar-refractivity contribution in [1.82, 2.24) is 10.2 Å². The van der Waals surface area contributed by atoms with Gasteiger partial charge in [0.25, 0.3) is 0 Å². The molecule has 2 aromatic rings. The first kappa shape index (κ1) is 19.6. The van der Waals surface area contributed by atoms with Gasteiger partial charge in [0, 0.05) is 19.6 Å². The van der Waals surface area contributed by atoms with Crippen LogP contribution < -0.4 is 5.32 Å². The first-order valence-electron chi connectivity index (χ1n) is 10.1. The molecule has 0 bridgehead atoms.